The van der Waals surface area contributed by atoms with Crippen molar-refractivity contribution in [1.29, 1.82) is 0 Å². The second-order valence-corrected chi connectivity index (χ2v) is 8.06. The number of carbonyl (C=O) groups is 2. The zero-order valence-corrected chi connectivity index (χ0v) is 18.1. The molecule has 3 rings (SSSR count). The van der Waals surface area contributed by atoms with E-state index in [4.69, 9.17) is 9.47 Å². The van der Waals surface area contributed by atoms with E-state index in [0.29, 0.717) is 12.3 Å². The van der Waals surface area contributed by atoms with Crippen molar-refractivity contribution in [2.45, 2.75) is 38.1 Å². The first kappa shape index (κ1) is 22.2. The second kappa shape index (κ2) is 9.51. The Labute approximate surface area is 178 Å². The van der Waals surface area contributed by atoms with Gasteiger partial charge >= 0.3 is 5.97 Å². The Morgan fingerprint density at radius 1 is 1.30 bits per heavy atom. The fourth-order valence-corrected chi connectivity index (χ4v) is 4.80. The maximum absolute atomic E-state index is 12.6. The average molecular weight is 417 g/mol. The van der Waals surface area contributed by atoms with Crippen LogP contribution >= 0.6 is 0 Å². The summed E-state index contributed by atoms with van der Waals surface area (Å²) in [6, 6.07) is 5.26. The van der Waals surface area contributed by atoms with Crippen LogP contribution in [0.15, 0.2) is 24.3 Å². The number of benzene rings is 1. The van der Waals surface area contributed by atoms with Crippen molar-refractivity contribution in [2.24, 2.45) is 5.92 Å². The number of methoxy groups -OCH3 is 2. The minimum absolute atomic E-state index is 0.0712. The summed E-state index contributed by atoms with van der Waals surface area (Å²) in [5.41, 5.74) is 0.546. The summed E-state index contributed by atoms with van der Waals surface area (Å²) in [5, 5.41) is 9.70. The van der Waals surface area contributed by atoms with Crippen LogP contribution in [0.3, 0.4) is 0 Å². The zero-order chi connectivity index (χ0) is 21.7. The van der Waals surface area contributed by atoms with Crippen molar-refractivity contribution in [3.05, 3.63) is 29.8 Å². The molecule has 7 heteroatoms. The first-order valence-corrected chi connectivity index (χ1v) is 10.6. The number of phenols is 1. The van der Waals surface area contributed by atoms with Crippen molar-refractivity contribution < 1.29 is 24.2 Å². The molecule has 2 saturated heterocycles. The maximum Gasteiger partial charge on any atom is 0.311 e. The monoisotopic (exact) mass is 416 g/mol. The molecule has 0 saturated carbocycles. The van der Waals surface area contributed by atoms with Crippen LogP contribution < -0.4 is 4.74 Å². The highest BCUT2D eigenvalue weighted by Gasteiger charge is 2.56. The first-order valence-electron chi connectivity index (χ1n) is 10.6. The molecular weight excluding hydrogens is 384 g/mol. The number of phenolic OH excluding ortho intramolecular Hbond substituents is 1. The van der Waals surface area contributed by atoms with Gasteiger partial charge in [0.05, 0.1) is 25.7 Å². The molecule has 2 aliphatic rings. The minimum Gasteiger partial charge on any atom is -0.504 e. The zero-order valence-electron chi connectivity index (χ0n) is 18.1. The highest BCUT2D eigenvalue weighted by atomic mass is 16.5. The maximum atomic E-state index is 12.6. The van der Waals surface area contributed by atoms with Crippen LogP contribution in [-0.2, 0) is 14.3 Å². The number of ether oxygens (including phenoxy) is 2. The Bertz CT molecular complexity index is 799. The van der Waals surface area contributed by atoms with E-state index in [9.17, 15) is 14.7 Å². The number of aromatic hydroxyl groups is 1. The summed E-state index contributed by atoms with van der Waals surface area (Å²) >= 11 is 0. The third-order valence-corrected chi connectivity index (χ3v) is 6.40. The SMILES string of the molecule is CCCN1C(=O)CC(C(=O)OC)C12CCN(CC=Cc1ccc(O)c(OC)c1)CC2. The predicted molar refractivity (Wildman–Crippen MR) is 114 cm³/mol. The number of esters is 1. The second-order valence-electron chi connectivity index (χ2n) is 8.06. The van der Waals surface area contributed by atoms with Gasteiger partial charge in [0.1, 0.15) is 0 Å². The van der Waals surface area contributed by atoms with Gasteiger partial charge in [0.25, 0.3) is 0 Å². The molecule has 30 heavy (non-hydrogen) atoms. The Hall–Kier alpha value is -2.54. The number of rotatable bonds is 7. The minimum atomic E-state index is -0.412. The van der Waals surface area contributed by atoms with E-state index < -0.39 is 5.54 Å². The topological polar surface area (TPSA) is 79.3 Å². The third-order valence-electron chi connectivity index (χ3n) is 6.40. The van der Waals surface area contributed by atoms with Crippen LogP contribution in [0.2, 0.25) is 0 Å². The van der Waals surface area contributed by atoms with Crippen molar-refractivity contribution in [3.8, 4) is 11.5 Å². The molecule has 164 valence electrons. The van der Waals surface area contributed by atoms with Crippen LogP contribution in [0.5, 0.6) is 11.5 Å². The van der Waals surface area contributed by atoms with E-state index in [2.05, 4.69) is 17.9 Å². The average Bonchev–Trinajstić information content (AvgIpc) is 3.02. The van der Waals surface area contributed by atoms with Gasteiger partial charge in [-0.15, -0.1) is 0 Å². The van der Waals surface area contributed by atoms with E-state index >= 15 is 0 Å². The first-order chi connectivity index (χ1) is 14.4. The molecule has 1 unspecified atom stereocenters. The molecule has 0 aromatic heterocycles. The van der Waals surface area contributed by atoms with E-state index in [-0.39, 0.29) is 30.0 Å². The molecule has 1 atom stereocenters. The van der Waals surface area contributed by atoms with Crippen molar-refractivity contribution in [3.63, 3.8) is 0 Å². The standard InChI is InChI=1S/C23H32N2O5/c1-4-11-25-21(27)16-18(22(28)30-3)23(25)9-13-24(14-10-23)12-5-6-17-7-8-19(26)20(15-17)29-2/h5-8,15,18,26H,4,9-14,16H2,1-3H3. The van der Waals surface area contributed by atoms with Gasteiger partial charge in [0.15, 0.2) is 11.5 Å². The molecule has 0 aliphatic carbocycles. The molecule has 0 bridgehead atoms. The van der Waals surface area contributed by atoms with Crippen molar-refractivity contribution >= 4 is 18.0 Å². The number of nitrogens with zero attached hydrogens (tertiary/aromatic N) is 2. The fraction of sp³-hybridized carbons (Fsp3) is 0.565. The van der Waals surface area contributed by atoms with Crippen molar-refractivity contribution in [1.82, 2.24) is 9.80 Å². The number of carbonyl (C=O) groups excluding carboxylic acids is 2. The molecule has 1 aromatic rings. The summed E-state index contributed by atoms with van der Waals surface area (Å²) in [6.07, 6.45) is 6.79. The molecule has 0 radical (unpaired) electrons. The van der Waals surface area contributed by atoms with E-state index in [1.165, 1.54) is 14.2 Å². The molecule has 2 aliphatic heterocycles. The van der Waals surface area contributed by atoms with Crippen molar-refractivity contribution in [2.75, 3.05) is 40.4 Å². The molecule has 7 nitrogen and oxygen atoms in total. The van der Waals surface area contributed by atoms with E-state index in [1.807, 2.05) is 17.0 Å². The third kappa shape index (κ3) is 4.31. The van der Waals surface area contributed by atoms with E-state index in [0.717, 1.165) is 44.5 Å². The fourth-order valence-electron chi connectivity index (χ4n) is 4.80. The summed E-state index contributed by atoms with van der Waals surface area (Å²) in [6.45, 7) is 5.18. The molecule has 1 aromatic carbocycles. The highest BCUT2D eigenvalue weighted by molar-refractivity contribution is 5.89. The van der Waals surface area contributed by atoms with Gasteiger partial charge in [0, 0.05) is 32.6 Å². The number of piperidine rings is 1. The summed E-state index contributed by atoms with van der Waals surface area (Å²) in [5.74, 6) is 0.00821. The molecular formula is C23H32N2O5. The van der Waals surface area contributed by atoms with Crippen LogP contribution in [-0.4, -0.2) is 72.7 Å². The van der Waals surface area contributed by atoms with Gasteiger partial charge in [-0.2, -0.15) is 0 Å². The molecule has 1 N–H and O–H groups in total. The lowest BCUT2D eigenvalue weighted by Crippen LogP contribution is -2.57. The Kier molecular flexibility index (Phi) is 7.02. The predicted octanol–water partition coefficient (Wildman–Crippen LogP) is 2.68. The van der Waals surface area contributed by atoms with E-state index in [1.54, 1.807) is 12.1 Å². The molecule has 1 amide bonds. The van der Waals surface area contributed by atoms with Crippen LogP contribution in [0.4, 0.5) is 0 Å². The lowest BCUT2D eigenvalue weighted by Gasteiger charge is -2.47. The quantitative estimate of drug-likeness (QED) is 0.689. The van der Waals surface area contributed by atoms with Gasteiger partial charge in [-0.25, -0.2) is 0 Å². The van der Waals surface area contributed by atoms with Gasteiger partial charge in [-0.3, -0.25) is 14.5 Å². The van der Waals surface area contributed by atoms with Crippen LogP contribution in [0, 0.1) is 5.92 Å². The van der Waals surface area contributed by atoms with Crippen LogP contribution in [0.1, 0.15) is 38.2 Å². The smallest absolute Gasteiger partial charge is 0.311 e. The van der Waals surface area contributed by atoms with Gasteiger partial charge in [0.2, 0.25) is 5.91 Å². The van der Waals surface area contributed by atoms with Gasteiger partial charge < -0.3 is 19.5 Å². The molecule has 2 heterocycles. The highest BCUT2D eigenvalue weighted by Crippen LogP contribution is 2.44. The number of hydrogen-bond donors (Lipinski definition) is 1. The number of hydrogen-bond acceptors (Lipinski definition) is 6. The number of likely N-dealkylation sites (tertiary alicyclic amines) is 2. The molecule has 1 spiro atoms. The molecule has 2 fully saturated rings. The Morgan fingerprint density at radius 3 is 2.67 bits per heavy atom. The lowest BCUT2D eigenvalue weighted by molar-refractivity contribution is -0.150. The Balaban J connectivity index is 1.64. The Morgan fingerprint density at radius 2 is 2.03 bits per heavy atom. The summed E-state index contributed by atoms with van der Waals surface area (Å²) in [7, 11) is 2.94. The lowest BCUT2D eigenvalue weighted by atomic mass is 9.76. The van der Waals surface area contributed by atoms with Crippen LogP contribution in [0.25, 0.3) is 6.08 Å². The normalized spacial score (nSPS) is 21.5. The van der Waals surface area contributed by atoms with Gasteiger partial charge in [-0.05, 0) is 37.0 Å². The largest absolute Gasteiger partial charge is 0.504 e. The van der Waals surface area contributed by atoms with Gasteiger partial charge in [-0.1, -0.05) is 25.1 Å². The summed E-state index contributed by atoms with van der Waals surface area (Å²) < 4.78 is 10.2. The summed E-state index contributed by atoms with van der Waals surface area (Å²) in [4.78, 5) is 29.3. The number of amides is 1.